The van der Waals surface area contributed by atoms with Crippen molar-refractivity contribution in [2.45, 2.75) is 31.2 Å². The summed E-state index contributed by atoms with van der Waals surface area (Å²) in [6, 6.07) is 19.7. The Labute approximate surface area is 109 Å². The van der Waals surface area contributed by atoms with Crippen molar-refractivity contribution in [3.05, 3.63) is 71.3 Å². The molecule has 0 bridgehead atoms. The third kappa shape index (κ3) is 2.19. The first-order valence-electron chi connectivity index (χ1n) is 6.72. The van der Waals surface area contributed by atoms with Crippen molar-refractivity contribution < 1.29 is 0 Å². The zero-order valence-corrected chi connectivity index (χ0v) is 10.5. The highest BCUT2D eigenvalue weighted by Gasteiger charge is 2.26. The van der Waals surface area contributed by atoms with E-state index in [1.807, 2.05) is 0 Å². The molecule has 0 aromatic heterocycles. The molecule has 2 N–H and O–H groups in total. The summed E-state index contributed by atoms with van der Waals surface area (Å²) in [7, 11) is 0. The van der Waals surface area contributed by atoms with E-state index in [1.165, 1.54) is 16.7 Å². The summed E-state index contributed by atoms with van der Waals surface area (Å²) < 4.78 is 0. The van der Waals surface area contributed by atoms with E-state index in [9.17, 15) is 0 Å². The van der Waals surface area contributed by atoms with Gasteiger partial charge in [0.25, 0.3) is 0 Å². The van der Waals surface area contributed by atoms with Crippen LogP contribution in [0.25, 0.3) is 0 Å². The highest BCUT2D eigenvalue weighted by atomic mass is 14.7. The molecule has 0 heterocycles. The van der Waals surface area contributed by atoms with Gasteiger partial charge in [0.15, 0.2) is 0 Å². The Hall–Kier alpha value is -1.60. The van der Waals surface area contributed by atoms with Crippen LogP contribution < -0.4 is 5.73 Å². The van der Waals surface area contributed by atoms with Gasteiger partial charge in [0.2, 0.25) is 0 Å². The molecular formula is C17H19N. The minimum Gasteiger partial charge on any atom is -0.327 e. The van der Waals surface area contributed by atoms with Gasteiger partial charge in [-0.3, -0.25) is 0 Å². The SMILES string of the molecule is N[C@H]1CCc2ccccc2[C@H]1Cc1ccccc1. The van der Waals surface area contributed by atoms with Crippen LogP contribution in [0.5, 0.6) is 0 Å². The average Bonchev–Trinajstić information content (AvgIpc) is 2.43. The first kappa shape index (κ1) is 11.5. The molecule has 0 aliphatic heterocycles. The molecule has 2 atom stereocenters. The fourth-order valence-electron chi connectivity index (χ4n) is 3.01. The van der Waals surface area contributed by atoms with E-state index in [2.05, 4.69) is 54.6 Å². The van der Waals surface area contributed by atoms with E-state index in [0.717, 1.165) is 19.3 Å². The zero-order valence-electron chi connectivity index (χ0n) is 10.5. The highest BCUT2D eigenvalue weighted by Crippen LogP contribution is 2.33. The zero-order chi connectivity index (χ0) is 12.4. The molecule has 1 aliphatic rings. The van der Waals surface area contributed by atoms with Gasteiger partial charge in [0.05, 0.1) is 0 Å². The number of hydrogen-bond donors (Lipinski definition) is 1. The van der Waals surface area contributed by atoms with Crippen LogP contribution in [0.15, 0.2) is 54.6 Å². The van der Waals surface area contributed by atoms with Crippen molar-refractivity contribution in [1.82, 2.24) is 0 Å². The molecule has 92 valence electrons. The van der Waals surface area contributed by atoms with Crippen LogP contribution in [-0.4, -0.2) is 6.04 Å². The fraction of sp³-hybridized carbons (Fsp3) is 0.294. The predicted octanol–water partition coefficient (Wildman–Crippen LogP) is 3.29. The number of hydrogen-bond acceptors (Lipinski definition) is 1. The third-order valence-electron chi connectivity index (χ3n) is 4.02. The standard InChI is InChI=1S/C17H19N/c18-17-11-10-14-8-4-5-9-15(14)16(17)12-13-6-2-1-3-7-13/h1-9,16-17H,10-12,18H2/t16-,17+/m1/s1. The Balaban J connectivity index is 1.91. The van der Waals surface area contributed by atoms with E-state index in [0.29, 0.717) is 12.0 Å². The summed E-state index contributed by atoms with van der Waals surface area (Å²) in [5.41, 5.74) is 10.7. The molecule has 0 saturated heterocycles. The third-order valence-corrected chi connectivity index (χ3v) is 4.02. The number of rotatable bonds is 2. The van der Waals surface area contributed by atoms with Gasteiger partial charge in [-0.05, 0) is 36.0 Å². The molecule has 1 heteroatoms. The van der Waals surface area contributed by atoms with Crippen LogP contribution in [0.1, 0.15) is 29.0 Å². The molecule has 0 unspecified atom stereocenters. The molecule has 0 fully saturated rings. The van der Waals surface area contributed by atoms with Gasteiger partial charge >= 0.3 is 0 Å². The Morgan fingerprint density at radius 1 is 0.944 bits per heavy atom. The maximum absolute atomic E-state index is 6.34. The second-order valence-corrected chi connectivity index (χ2v) is 5.20. The molecule has 1 aliphatic carbocycles. The second kappa shape index (κ2) is 4.95. The van der Waals surface area contributed by atoms with Gasteiger partial charge < -0.3 is 5.73 Å². The lowest BCUT2D eigenvalue weighted by Crippen LogP contribution is -2.34. The normalized spacial score (nSPS) is 22.5. The fourth-order valence-corrected chi connectivity index (χ4v) is 3.01. The quantitative estimate of drug-likeness (QED) is 0.852. The van der Waals surface area contributed by atoms with Crippen molar-refractivity contribution in [3.63, 3.8) is 0 Å². The van der Waals surface area contributed by atoms with Crippen molar-refractivity contribution >= 4 is 0 Å². The van der Waals surface area contributed by atoms with Crippen LogP contribution >= 0.6 is 0 Å². The Morgan fingerprint density at radius 3 is 2.50 bits per heavy atom. The first-order valence-corrected chi connectivity index (χ1v) is 6.72. The van der Waals surface area contributed by atoms with E-state index in [-0.39, 0.29) is 0 Å². The molecule has 2 aromatic rings. The largest absolute Gasteiger partial charge is 0.327 e. The van der Waals surface area contributed by atoms with Crippen molar-refractivity contribution in [2.75, 3.05) is 0 Å². The monoisotopic (exact) mass is 237 g/mol. The van der Waals surface area contributed by atoms with E-state index in [4.69, 9.17) is 5.73 Å². The van der Waals surface area contributed by atoms with E-state index in [1.54, 1.807) is 0 Å². The van der Waals surface area contributed by atoms with Crippen LogP contribution in [0.4, 0.5) is 0 Å². The lowest BCUT2D eigenvalue weighted by Gasteiger charge is -2.31. The second-order valence-electron chi connectivity index (χ2n) is 5.20. The van der Waals surface area contributed by atoms with Gasteiger partial charge in [-0.25, -0.2) is 0 Å². The Kier molecular flexibility index (Phi) is 3.16. The maximum Gasteiger partial charge on any atom is 0.0114 e. The van der Waals surface area contributed by atoms with E-state index >= 15 is 0 Å². The lowest BCUT2D eigenvalue weighted by atomic mass is 9.77. The van der Waals surface area contributed by atoms with E-state index < -0.39 is 0 Å². The summed E-state index contributed by atoms with van der Waals surface area (Å²) >= 11 is 0. The summed E-state index contributed by atoms with van der Waals surface area (Å²) in [4.78, 5) is 0. The minimum atomic E-state index is 0.292. The molecular weight excluding hydrogens is 218 g/mol. The molecule has 18 heavy (non-hydrogen) atoms. The molecule has 0 amide bonds. The Bertz CT molecular complexity index is 518. The van der Waals surface area contributed by atoms with Crippen LogP contribution in [0, 0.1) is 0 Å². The van der Waals surface area contributed by atoms with Gasteiger partial charge in [-0.2, -0.15) is 0 Å². The van der Waals surface area contributed by atoms with Gasteiger partial charge in [0, 0.05) is 12.0 Å². The Morgan fingerprint density at radius 2 is 1.67 bits per heavy atom. The number of benzene rings is 2. The maximum atomic E-state index is 6.34. The van der Waals surface area contributed by atoms with Crippen molar-refractivity contribution in [3.8, 4) is 0 Å². The van der Waals surface area contributed by atoms with Crippen molar-refractivity contribution in [2.24, 2.45) is 5.73 Å². The summed E-state index contributed by atoms with van der Waals surface area (Å²) in [6.45, 7) is 0. The molecule has 0 radical (unpaired) electrons. The number of fused-ring (bicyclic) bond motifs is 1. The summed E-state index contributed by atoms with van der Waals surface area (Å²) in [5.74, 6) is 0.470. The number of nitrogens with two attached hydrogens (primary N) is 1. The average molecular weight is 237 g/mol. The molecule has 0 saturated carbocycles. The summed E-state index contributed by atoms with van der Waals surface area (Å²) in [5, 5.41) is 0. The minimum absolute atomic E-state index is 0.292. The highest BCUT2D eigenvalue weighted by molar-refractivity contribution is 5.35. The van der Waals surface area contributed by atoms with Crippen LogP contribution in [0.2, 0.25) is 0 Å². The first-order chi connectivity index (χ1) is 8.84. The topological polar surface area (TPSA) is 26.0 Å². The molecule has 2 aromatic carbocycles. The summed E-state index contributed by atoms with van der Waals surface area (Å²) in [6.07, 6.45) is 3.29. The van der Waals surface area contributed by atoms with Crippen molar-refractivity contribution in [1.29, 1.82) is 0 Å². The molecule has 3 rings (SSSR count). The predicted molar refractivity (Wildman–Crippen MR) is 75.6 cm³/mol. The molecule has 1 nitrogen and oxygen atoms in total. The number of aryl methyl sites for hydroxylation is 1. The van der Waals surface area contributed by atoms with Gasteiger partial charge in [0.1, 0.15) is 0 Å². The lowest BCUT2D eigenvalue weighted by molar-refractivity contribution is 0.467. The van der Waals surface area contributed by atoms with Gasteiger partial charge in [-0.15, -0.1) is 0 Å². The van der Waals surface area contributed by atoms with Gasteiger partial charge in [-0.1, -0.05) is 54.6 Å². The molecule has 0 spiro atoms. The van der Waals surface area contributed by atoms with Crippen LogP contribution in [-0.2, 0) is 12.8 Å². The van der Waals surface area contributed by atoms with Crippen LogP contribution in [0.3, 0.4) is 0 Å². The smallest absolute Gasteiger partial charge is 0.0114 e.